The van der Waals surface area contributed by atoms with Crippen LogP contribution in [-0.2, 0) is 0 Å². The van der Waals surface area contributed by atoms with Gasteiger partial charge in [0.2, 0.25) is 0 Å². The highest BCUT2D eigenvalue weighted by molar-refractivity contribution is 5.94. The summed E-state index contributed by atoms with van der Waals surface area (Å²) >= 11 is 0. The van der Waals surface area contributed by atoms with Gasteiger partial charge in [0.05, 0.1) is 12.7 Å². The third kappa shape index (κ3) is 3.67. The van der Waals surface area contributed by atoms with Gasteiger partial charge in [-0.3, -0.25) is 4.79 Å². The van der Waals surface area contributed by atoms with Crippen molar-refractivity contribution >= 4 is 5.91 Å². The summed E-state index contributed by atoms with van der Waals surface area (Å²) in [5.41, 5.74) is 0.625. The molecule has 0 bridgehead atoms. The molecule has 2 fully saturated rings. The molecule has 5 nitrogen and oxygen atoms in total. The normalized spacial score (nSPS) is 27.2. The van der Waals surface area contributed by atoms with Gasteiger partial charge in [0.15, 0.2) is 0 Å². The van der Waals surface area contributed by atoms with Crippen molar-refractivity contribution < 1.29 is 14.6 Å². The van der Waals surface area contributed by atoms with Crippen LogP contribution in [0.2, 0.25) is 0 Å². The monoisotopic (exact) mass is 346 g/mol. The summed E-state index contributed by atoms with van der Waals surface area (Å²) in [6.07, 6.45) is 3.13. The number of hydrogen-bond acceptors (Lipinski definition) is 4. The number of fused-ring (bicyclic) bond motifs is 1. The second-order valence-corrected chi connectivity index (χ2v) is 7.82. The largest absolute Gasteiger partial charge is 0.491 e. The summed E-state index contributed by atoms with van der Waals surface area (Å²) in [5, 5.41) is 10.0. The van der Waals surface area contributed by atoms with E-state index in [1.54, 1.807) is 0 Å². The van der Waals surface area contributed by atoms with Gasteiger partial charge in [0.25, 0.3) is 5.91 Å². The van der Waals surface area contributed by atoms with Crippen molar-refractivity contribution in [1.82, 2.24) is 9.80 Å². The van der Waals surface area contributed by atoms with Crippen LogP contribution in [0.25, 0.3) is 0 Å². The smallest absolute Gasteiger partial charge is 0.254 e. The van der Waals surface area contributed by atoms with Crippen molar-refractivity contribution in [2.45, 2.75) is 45.3 Å². The molecule has 5 heteroatoms. The fourth-order valence-corrected chi connectivity index (χ4v) is 4.36. The summed E-state index contributed by atoms with van der Waals surface area (Å²) in [6, 6.07) is 7.69. The first-order chi connectivity index (χ1) is 11.9. The van der Waals surface area contributed by atoms with Crippen LogP contribution in [-0.4, -0.2) is 66.2 Å². The van der Waals surface area contributed by atoms with Crippen LogP contribution in [0.4, 0.5) is 0 Å². The number of hydrogen-bond donors (Lipinski definition) is 1. The van der Waals surface area contributed by atoms with Crippen LogP contribution in [0.3, 0.4) is 0 Å². The average Bonchev–Trinajstić information content (AvgIpc) is 2.61. The molecule has 0 radical (unpaired) electrons. The van der Waals surface area contributed by atoms with E-state index >= 15 is 0 Å². The zero-order valence-electron chi connectivity index (χ0n) is 15.6. The Hall–Kier alpha value is -1.59. The Balaban J connectivity index is 1.75. The van der Waals surface area contributed by atoms with Crippen LogP contribution >= 0.6 is 0 Å². The maximum atomic E-state index is 13.0. The Labute approximate surface area is 150 Å². The lowest BCUT2D eigenvalue weighted by atomic mass is 9.69. The van der Waals surface area contributed by atoms with Crippen molar-refractivity contribution in [1.29, 1.82) is 0 Å². The third-order valence-corrected chi connectivity index (χ3v) is 5.75. The van der Waals surface area contributed by atoms with Crippen molar-refractivity contribution in [3.05, 3.63) is 29.8 Å². The molecule has 0 aliphatic carbocycles. The number of ether oxygens (including phenoxy) is 1. The highest BCUT2D eigenvalue weighted by Gasteiger charge is 2.47. The Morgan fingerprint density at radius 3 is 2.88 bits per heavy atom. The third-order valence-electron chi connectivity index (χ3n) is 5.75. The molecule has 2 atom stereocenters. The number of likely N-dealkylation sites (N-methyl/N-ethyl adjacent to an activating group) is 1. The maximum Gasteiger partial charge on any atom is 0.254 e. The van der Waals surface area contributed by atoms with Gasteiger partial charge in [0.1, 0.15) is 5.75 Å². The molecular formula is C20H30N2O3. The van der Waals surface area contributed by atoms with Crippen LogP contribution in [0.15, 0.2) is 24.3 Å². The van der Waals surface area contributed by atoms with Crippen molar-refractivity contribution in [2.24, 2.45) is 5.41 Å². The molecule has 3 rings (SSSR count). The molecule has 1 amide bonds. The molecule has 2 saturated heterocycles. The lowest BCUT2D eigenvalue weighted by Gasteiger charge is -2.53. The van der Waals surface area contributed by atoms with E-state index in [-0.39, 0.29) is 30.1 Å². The Morgan fingerprint density at radius 1 is 1.36 bits per heavy atom. The van der Waals surface area contributed by atoms with E-state index in [1.807, 2.05) is 43.0 Å². The minimum Gasteiger partial charge on any atom is -0.491 e. The lowest BCUT2D eigenvalue weighted by molar-refractivity contribution is -0.0601. The first-order valence-electron chi connectivity index (χ1n) is 9.32. The van der Waals surface area contributed by atoms with Crippen molar-refractivity contribution in [3.8, 4) is 5.75 Å². The summed E-state index contributed by atoms with van der Waals surface area (Å²) in [6.45, 7) is 6.59. The molecule has 2 heterocycles. The number of benzene rings is 1. The predicted molar refractivity (Wildman–Crippen MR) is 97.9 cm³/mol. The SMILES string of the molecule is CC(C)Oc1cccc(C(=O)N2CC[C@@]3(CO)CCCN(C)[C@@H]3C2)c1. The number of aliphatic hydroxyl groups is 1. The van der Waals surface area contributed by atoms with Gasteiger partial charge < -0.3 is 19.6 Å². The van der Waals surface area contributed by atoms with E-state index in [0.717, 1.165) is 31.6 Å². The minimum absolute atomic E-state index is 0.0492. The molecule has 0 unspecified atom stereocenters. The maximum absolute atomic E-state index is 13.0. The summed E-state index contributed by atoms with van der Waals surface area (Å²) < 4.78 is 5.72. The number of nitrogens with zero attached hydrogens (tertiary/aromatic N) is 2. The molecule has 2 aliphatic rings. The molecule has 0 spiro atoms. The number of amides is 1. The van der Waals surface area contributed by atoms with Crippen LogP contribution < -0.4 is 4.74 Å². The minimum atomic E-state index is -0.0492. The summed E-state index contributed by atoms with van der Waals surface area (Å²) in [7, 11) is 2.11. The zero-order valence-corrected chi connectivity index (χ0v) is 15.6. The van der Waals surface area contributed by atoms with Gasteiger partial charge in [-0.2, -0.15) is 0 Å². The fraction of sp³-hybridized carbons (Fsp3) is 0.650. The standard InChI is InChI=1S/C20H30N2O3/c1-15(2)25-17-7-4-6-16(12-17)19(24)22-11-9-20(14-23)8-5-10-21(3)18(20)13-22/h4,6-7,12,15,18,23H,5,8-11,13-14H2,1-3H3/t18-,20-/m1/s1. The second kappa shape index (κ2) is 7.34. The topological polar surface area (TPSA) is 53.0 Å². The highest BCUT2D eigenvalue weighted by atomic mass is 16.5. The van der Waals surface area contributed by atoms with Crippen molar-refractivity contribution in [3.63, 3.8) is 0 Å². The summed E-state index contributed by atoms with van der Waals surface area (Å²) in [4.78, 5) is 17.3. The quantitative estimate of drug-likeness (QED) is 0.910. The van der Waals surface area contributed by atoms with Gasteiger partial charge in [0, 0.05) is 30.1 Å². The van der Waals surface area contributed by atoms with E-state index in [1.165, 1.54) is 0 Å². The van der Waals surface area contributed by atoms with E-state index in [4.69, 9.17) is 4.74 Å². The zero-order chi connectivity index (χ0) is 18.0. The Morgan fingerprint density at radius 2 is 2.16 bits per heavy atom. The van der Waals surface area contributed by atoms with E-state index in [9.17, 15) is 9.90 Å². The second-order valence-electron chi connectivity index (χ2n) is 7.82. The fourth-order valence-electron chi connectivity index (χ4n) is 4.36. The van der Waals surface area contributed by atoms with Crippen LogP contribution in [0.5, 0.6) is 5.75 Å². The molecule has 1 aromatic rings. The van der Waals surface area contributed by atoms with Gasteiger partial charge in [-0.25, -0.2) is 0 Å². The Bertz CT molecular complexity index is 619. The molecular weight excluding hydrogens is 316 g/mol. The predicted octanol–water partition coefficient (Wildman–Crippen LogP) is 2.39. The number of carbonyl (C=O) groups excluding carboxylic acids is 1. The number of rotatable bonds is 4. The average molecular weight is 346 g/mol. The Kier molecular flexibility index (Phi) is 5.35. The molecule has 0 aromatic heterocycles. The summed E-state index contributed by atoms with van der Waals surface area (Å²) in [5.74, 6) is 0.789. The van der Waals surface area contributed by atoms with Crippen molar-refractivity contribution in [2.75, 3.05) is 33.3 Å². The number of aliphatic hydroxyl groups excluding tert-OH is 1. The molecule has 25 heavy (non-hydrogen) atoms. The molecule has 0 saturated carbocycles. The van der Waals surface area contributed by atoms with Crippen LogP contribution in [0, 0.1) is 5.41 Å². The molecule has 138 valence electrons. The molecule has 2 aliphatic heterocycles. The first-order valence-corrected chi connectivity index (χ1v) is 9.32. The molecule has 1 N–H and O–H groups in total. The number of piperidine rings is 2. The van der Waals surface area contributed by atoms with Gasteiger partial charge in [-0.15, -0.1) is 0 Å². The van der Waals surface area contributed by atoms with E-state index < -0.39 is 0 Å². The van der Waals surface area contributed by atoms with Gasteiger partial charge in [-0.1, -0.05) is 6.07 Å². The van der Waals surface area contributed by atoms with E-state index in [2.05, 4.69) is 11.9 Å². The first kappa shape index (κ1) is 18.2. The molecule has 1 aromatic carbocycles. The van der Waals surface area contributed by atoms with E-state index in [0.29, 0.717) is 18.7 Å². The number of likely N-dealkylation sites (tertiary alicyclic amines) is 2. The number of carbonyl (C=O) groups is 1. The van der Waals surface area contributed by atoms with Gasteiger partial charge in [-0.05, 0) is 64.9 Å². The lowest BCUT2D eigenvalue weighted by Crippen LogP contribution is -2.62. The van der Waals surface area contributed by atoms with Gasteiger partial charge >= 0.3 is 0 Å². The van der Waals surface area contributed by atoms with Crippen LogP contribution in [0.1, 0.15) is 43.5 Å². The highest BCUT2D eigenvalue weighted by Crippen LogP contribution is 2.41.